The van der Waals surface area contributed by atoms with Crippen LogP contribution in [0.3, 0.4) is 0 Å². The van der Waals surface area contributed by atoms with Crippen molar-refractivity contribution < 1.29 is 14.3 Å². The van der Waals surface area contributed by atoms with Crippen LogP contribution < -0.4 is 10.9 Å². The van der Waals surface area contributed by atoms with Gasteiger partial charge in [0.2, 0.25) is 0 Å². The normalized spacial score (nSPS) is 16.1. The van der Waals surface area contributed by atoms with E-state index in [4.69, 9.17) is 16.0 Å². The highest BCUT2D eigenvalue weighted by Gasteiger charge is 2.32. The molecule has 4 aromatic rings. The zero-order valence-corrected chi connectivity index (χ0v) is 19.2. The number of para-hydroxylation sites is 1. The summed E-state index contributed by atoms with van der Waals surface area (Å²) in [6.45, 7) is 4.27. The number of aromatic amines is 1. The summed E-state index contributed by atoms with van der Waals surface area (Å²) in [5.41, 5.74) is 2.53. The van der Waals surface area contributed by atoms with Crippen LogP contribution in [0, 0.1) is 0 Å². The maximum Gasteiger partial charge on any atom is 0.338 e. The molecule has 0 unspecified atom stereocenters. The van der Waals surface area contributed by atoms with Crippen molar-refractivity contribution in [1.29, 1.82) is 0 Å². The van der Waals surface area contributed by atoms with Gasteiger partial charge in [0, 0.05) is 78.4 Å². The van der Waals surface area contributed by atoms with Crippen LogP contribution in [0.15, 0.2) is 63.9 Å². The van der Waals surface area contributed by atoms with Gasteiger partial charge in [-0.1, -0.05) is 29.8 Å². The van der Waals surface area contributed by atoms with Crippen LogP contribution in [0.4, 0.5) is 5.69 Å². The van der Waals surface area contributed by atoms with Gasteiger partial charge in [-0.2, -0.15) is 0 Å². The Morgan fingerprint density at radius 3 is 2.71 bits per heavy atom. The minimum absolute atomic E-state index is 0.380. The Kier molecular flexibility index (Phi) is 6.28. The number of carbonyl (C=O) groups is 1. The summed E-state index contributed by atoms with van der Waals surface area (Å²) in [5, 5.41) is 15.7. The topological polar surface area (TPSA) is 102 Å². The van der Waals surface area contributed by atoms with Crippen LogP contribution in [0.1, 0.15) is 11.6 Å². The molecule has 0 saturated carbocycles. The number of aliphatic carboxylic acids is 1. The molecule has 1 saturated heterocycles. The van der Waals surface area contributed by atoms with Gasteiger partial charge in [-0.25, -0.2) is 4.79 Å². The Balaban J connectivity index is 1.21. The second kappa shape index (κ2) is 9.50. The molecule has 34 heavy (non-hydrogen) atoms. The van der Waals surface area contributed by atoms with E-state index in [1.165, 1.54) is 6.07 Å². The molecule has 0 radical (unpaired) electrons. The predicted octanol–water partition coefficient (Wildman–Crippen LogP) is 3.78. The third-order valence-corrected chi connectivity index (χ3v) is 6.60. The second-order valence-corrected chi connectivity index (χ2v) is 8.89. The quantitative estimate of drug-likeness (QED) is 0.346. The van der Waals surface area contributed by atoms with Crippen molar-refractivity contribution in [2.24, 2.45) is 0 Å². The lowest BCUT2D eigenvalue weighted by Crippen LogP contribution is -2.50. The Morgan fingerprint density at radius 2 is 1.91 bits per heavy atom. The van der Waals surface area contributed by atoms with Gasteiger partial charge in [-0.05, 0) is 24.3 Å². The molecule has 0 aliphatic carbocycles. The smallest absolute Gasteiger partial charge is 0.338 e. The molecule has 2 aromatic heterocycles. The molecule has 0 spiro atoms. The fourth-order valence-electron chi connectivity index (χ4n) is 4.68. The summed E-state index contributed by atoms with van der Waals surface area (Å²) in [7, 11) is 0. The maximum absolute atomic E-state index is 12.2. The Hall–Kier alpha value is -3.33. The van der Waals surface area contributed by atoms with Crippen molar-refractivity contribution in [1.82, 2.24) is 14.8 Å². The zero-order chi connectivity index (χ0) is 23.7. The van der Waals surface area contributed by atoms with E-state index in [9.17, 15) is 14.7 Å². The minimum atomic E-state index is -0.860. The summed E-state index contributed by atoms with van der Waals surface area (Å²) in [6, 6.07) is 13.7. The molecule has 3 heterocycles. The molecule has 1 atom stereocenters. The number of fused-ring (bicyclic) bond motifs is 2. The lowest BCUT2D eigenvalue weighted by atomic mass is 10.0. The highest BCUT2D eigenvalue weighted by atomic mass is 35.5. The molecule has 3 N–H and O–H groups in total. The van der Waals surface area contributed by atoms with Crippen LogP contribution >= 0.6 is 11.6 Å². The van der Waals surface area contributed by atoms with E-state index < -0.39 is 12.0 Å². The fourth-order valence-corrected chi connectivity index (χ4v) is 4.86. The second-order valence-electron chi connectivity index (χ2n) is 8.45. The van der Waals surface area contributed by atoms with E-state index in [0.29, 0.717) is 30.2 Å². The van der Waals surface area contributed by atoms with Gasteiger partial charge in [-0.15, -0.1) is 0 Å². The first-order valence-electron chi connectivity index (χ1n) is 11.2. The number of carboxylic acids is 1. The first-order valence-corrected chi connectivity index (χ1v) is 11.6. The number of nitrogens with zero attached hydrogens (tertiary/aromatic N) is 2. The van der Waals surface area contributed by atoms with Crippen LogP contribution in [-0.4, -0.2) is 65.1 Å². The van der Waals surface area contributed by atoms with E-state index in [-0.39, 0.29) is 5.63 Å². The number of benzene rings is 2. The third-order valence-electron chi connectivity index (χ3n) is 6.37. The van der Waals surface area contributed by atoms with E-state index >= 15 is 0 Å². The number of rotatable bonds is 7. The summed E-state index contributed by atoms with van der Waals surface area (Å²) < 4.78 is 5.25. The minimum Gasteiger partial charge on any atom is -0.480 e. The summed E-state index contributed by atoms with van der Waals surface area (Å²) in [4.78, 5) is 31.5. The number of nitrogens with one attached hydrogen (secondary N) is 2. The van der Waals surface area contributed by atoms with Crippen LogP contribution in [0.25, 0.3) is 21.9 Å². The average molecular weight is 481 g/mol. The number of hydrogen-bond acceptors (Lipinski definition) is 6. The molecular formula is C25H25ClN4O4. The van der Waals surface area contributed by atoms with Gasteiger partial charge in [-0.3, -0.25) is 14.6 Å². The van der Waals surface area contributed by atoms with E-state index in [2.05, 4.69) is 15.2 Å². The Labute approximate surface area is 200 Å². The maximum atomic E-state index is 12.2. The van der Waals surface area contributed by atoms with Crippen molar-refractivity contribution in [3.05, 3.63) is 75.7 Å². The molecule has 1 fully saturated rings. The lowest BCUT2D eigenvalue weighted by Gasteiger charge is -2.37. The molecule has 1 aliphatic heterocycles. The van der Waals surface area contributed by atoms with Crippen molar-refractivity contribution in [2.45, 2.75) is 6.04 Å². The van der Waals surface area contributed by atoms with Gasteiger partial charge in [0.05, 0.1) is 5.69 Å². The number of hydrogen-bond donors (Lipinski definition) is 3. The standard InChI is InChI=1S/C25H25ClN4O4/c26-16-5-6-17-19(15-28-20(17)13-16)24(25(32)33)30-11-9-29(10-12-30)8-7-27-21-14-23(31)34-22-4-2-1-3-18(21)22/h1-6,13-15,24,27-28H,7-12H2,(H,32,33)/t24-/m1/s1. The fraction of sp³-hybridized carbons (Fsp3) is 0.280. The number of halogens is 1. The third kappa shape index (κ3) is 4.52. The van der Waals surface area contributed by atoms with E-state index in [1.54, 1.807) is 18.3 Å². The Bertz CT molecular complexity index is 1390. The van der Waals surface area contributed by atoms with E-state index in [1.807, 2.05) is 35.2 Å². The number of piperazine rings is 1. The van der Waals surface area contributed by atoms with E-state index in [0.717, 1.165) is 47.2 Å². The molecule has 8 nitrogen and oxygen atoms in total. The number of aromatic nitrogens is 1. The number of anilines is 1. The molecule has 0 amide bonds. The van der Waals surface area contributed by atoms with Gasteiger partial charge in [0.25, 0.3) is 0 Å². The molecule has 1 aliphatic rings. The largest absolute Gasteiger partial charge is 0.480 e. The van der Waals surface area contributed by atoms with Crippen molar-refractivity contribution in [3.63, 3.8) is 0 Å². The highest BCUT2D eigenvalue weighted by molar-refractivity contribution is 6.31. The number of carboxylic acid groups (broad SMARTS) is 1. The van der Waals surface area contributed by atoms with Crippen molar-refractivity contribution in [3.8, 4) is 0 Å². The Morgan fingerprint density at radius 1 is 1.12 bits per heavy atom. The summed E-state index contributed by atoms with van der Waals surface area (Å²) >= 11 is 6.07. The van der Waals surface area contributed by atoms with Crippen molar-refractivity contribution in [2.75, 3.05) is 44.6 Å². The summed E-state index contributed by atoms with van der Waals surface area (Å²) in [6.07, 6.45) is 1.77. The first kappa shape index (κ1) is 22.5. The first-order chi connectivity index (χ1) is 16.5. The lowest BCUT2D eigenvalue weighted by molar-refractivity contribution is -0.144. The molecule has 9 heteroatoms. The summed E-state index contributed by atoms with van der Waals surface area (Å²) in [5.74, 6) is -0.860. The molecule has 5 rings (SSSR count). The molecule has 2 aromatic carbocycles. The highest BCUT2D eigenvalue weighted by Crippen LogP contribution is 2.31. The van der Waals surface area contributed by atoms with Crippen molar-refractivity contribution >= 4 is 45.1 Å². The average Bonchev–Trinajstić information content (AvgIpc) is 3.22. The molecular weight excluding hydrogens is 456 g/mol. The van der Waals surface area contributed by atoms with Gasteiger partial charge in [0.1, 0.15) is 11.6 Å². The monoisotopic (exact) mass is 480 g/mol. The number of H-pyrrole nitrogens is 1. The zero-order valence-electron chi connectivity index (χ0n) is 18.5. The predicted molar refractivity (Wildman–Crippen MR) is 133 cm³/mol. The van der Waals surface area contributed by atoms with Crippen LogP contribution in [0.2, 0.25) is 5.02 Å². The van der Waals surface area contributed by atoms with Crippen LogP contribution in [0.5, 0.6) is 0 Å². The molecule has 176 valence electrons. The van der Waals surface area contributed by atoms with Gasteiger partial charge >= 0.3 is 11.6 Å². The van der Waals surface area contributed by atoms with Crippen LogP contribution in [-0.2, 0) is 4.79 Å². The van der Waals surface area contributed by atoms with Gasteiger partial charge in [0.15, 0.2) is 0 Å². The SMILES string of the molecule is O=C(O)[C@@H](c1c[nH]c2cc(Cl)ccc12)N1CCN(CCNc2cc(=O)oc3ccccc23)CC1. The molecule has 0 bridgehead atoms. The van der Waals surface area contributed by atoms with Gasteiger partial charge < -0.3 is 19.8 Å².